The van der Waals surface area contributed by atoms with Crippen LogP contribution in [0.2, 0.25) is 5.02 Å². The predicted molar refractivity (Wildman–Crippen MR) is 132 cm³/mol. The lowest BCUT2D eigenvalue weighted by Gasteiger charge is -2.16. The predicted octanol–water partition coefficient (Wildman–Crippen LogP) is 4.58. The van der Waals surface area contributed by atoms with Crippen LogP contribution in [0.5, 0.6) is 17.2 Å². The van der Waals surface area contributed by atoms with Crippen molar-refractivity contribution in [2.24, 2.45) is 0 Å². The van der Waals surface area contributed by atoms with Gasteiger partial charge in [-0.25, -0.2) is 17.8 Å². The topological polar surface area (TPSA) is 124 Å². The van der Waals surface area contributed by atoms with E-state index < -0.39 is 15.8 Å². The number of ether oxygens (including phenoxy) is 3. The molecular weight excluding hydrogens is 512 g/mol. The lowest BCUT2D eigenvalue weighted by atomic mass is 10.2. The highest BCUT2D eigenvalue weighted by Gasteiger charge is 2.15. The normalized spacial score (nSPS) is 10.6. The van der Waals surface area contributed by atoms with Gasteiger partial charge in [0, 0.05) is 18.2 Å². The molecule has 3 aromatic rings. The summed E-state index contributed by atoms with van der Waals surface area (Å²) < 4.78 is 55.5. The summed E-state index contributed by atoms with van der Waals surface area (Å²) in [6.45, 7) is 0. The van der Waals surface area contributed by atoms with Crippen molar-refractivity contribution >= 4 is 62.9 Å². The molecule has 184 valence electrons. The molecule has 1 heterocycles. The summed E-state index contributed by atoms with van der Waals surface area (Å²) in [7, 11) is 0.652. The van der Waals surface area contributed by atoms with Crippen molar-refractivity contribution in [1.82, 2.24) is 9.97 Å². The van der Waals surface area contributed by atoms with Gasteiger partial charge in [0.1, 0.15) is 16.5 Å². The molecule has 0 saturated heterocycles. The molecule has 2 aromatic carbocycles. The zero-order valence-corrected chi connectivity index (χ0v) is 20.9. The third-order valence-corrected chi connectivity index (χ3v) is 5.11. The maximum atomic E-state index is 14.2. The van der Waals surface area contributed by atoms with E-state index in [0.717, 1.165) is 6.26 Å². The zero-order valence-electron chi connectivity index (χ0n) is 18.5. The summed E-state index contributed by atoms with van der Waals surface area (Å²) in [6, 6.07) is 7.30. The van der Waals surface area contributed by atoms with Gasteiger partial charge in [0.05, 0.1) is 50.8 Å². The summed E-state index contributed by atoms with van der Waals surface area (Å²) in [5.74, 6) is 0.400. The molecule has 0 amide bonds. The molecule has 14 heteroatoms. The Kier molecular flexibility index (Phi) is 8.96. The standard InChI is InChI=1S/C20H21ClFN5O5S.ClH/c1-30-11-5-6-14(15(7-11)27-33(4,28)29)24-19-12(21)10-23-20(26-19)25-16-8-13(22)17(31-2)9-18(16)32-3;/h5-10,27H,1-4H3,(H2,23,24,25,26);1H. The van der Waals surface area contributed by atoms with Crippen molar-refractivity contribution in [3.63, 3.8) is 0 Å². The van der Waals surface area contributed by atoms with E-state index in [1.54, 1.807) is 12.1 Å². The average molecular weight is 534 g/mol. The van der Waals surface area contributed by atoms with Gasteiger partial charge in [-0.2, -0.15) is 4.98 Å². The number of nitrogens with one attached hydrogen (secondary N) is 3. The van der Waals surface area contributed by atoms with Crippen molar-refractivity contribution in [2.45, 2.75) is 0 Å². The first-order chi connectivity index (χ1) is 15.6. The van der Waals surface area contributed by atoms with Crippen molar-refractivity contribution < 1.29 is 27.0 Å². The molecule has 0 radical (unpaired) electrons. The highest BCUT2D eigenvalue weighted by molar-refractivity contribution is 7.92. The van der Waals surface area contributed by atoms with Gasteiger partial charge in [-0.05, 0) is 12.1 Å². The highest BCUT2D eigenvalue weighted by Crippen LogP contribution is 2.35. The second kappa shape index (κ2) is 11.3. The molecule has 0 bridgehead atoms. The molecule has 0 aliphatic rings. The molecular formula is C20H22Cl2FN5O5S. The van der Waals surface area contributed by atoms with Gasteiger partial charge >= 0.3 is 0 Å². The van der Waals surface area contributed by atoms with Gasteiger partial charge in [-0.3, -0.25) is 4.72 Å². The Morgan fingerprint density at radius 1 is 0.941 bits per heavy atom. The second-order valence-corrected chi connectivity index (χ2v) is 8.77. The van der Waals surface area contributed by atoms with E-state index in [1.165, 1.54) is 45.7 Å². The minimum atomic E-state index is -3.58. The fourth-order valence-electron chi connectivity index (χ4n) is 2.76. The first-order valence-corrected chi connectivity index (χ1v) is 11.5. The van der Waals surface area contributed by atoms with Crippen LogP contribution in [0.15, 0.2) is 36.5 Å². The van der Waals surface area contributed by atoms with Crippen molar-refractivity contribution in [1.29, 1.82) is 0 Å². The van der Waals surface area contributed by atoms with E-state index in [4.69, 9.17) is 25.8 Å². The van der Waals surface area contributed by atoms with E-state index in [9.17, 15) is 12.8 Å². The fraction of sp³-hybridized carbons (Fsp3) is 0.200. The fourth-order valence-corrected chi connectivity index (χ4v) is 3.47. The van der Waals surface area contributed by atoms with E-state index in [0.29, 0.717) is 17.2 Å². The lowest BCUT2D eigenvalue weighted by molar-refractivity contribution is 0.375. The Labute approximate surface area is 207 Å². The first kappa shape index (κ1) is 27.0. The van der Waals surface area contributed by atoms with Gasteiger partial charge < -0.3 is 24.8 Å². The number of nitrogens with zero attached hydrogens (tertiary/aromatic N) is 2. The number of aromatic nitrogens is 2. The maximum Gasteiger partial charge on any atom is 0.229 e. The monoisotopic (exact) mass is 533 g/mol. The quantitative estimate of drug-likeness (QED) is 0.362. The average Bonchev–Trinajstić information content (AvgIpc) is 2.76. The van der Waals surface area contributed by atoms with Crippen LogP contribution >= 0.6 is 24.0 Å². The van der Waals surface area contributed by atoms with Gasteiger partial charge in [-0.1, -0.05) is 11.6 Å². The van der Waals surface area contributed by atoms with Crippen LogP contribution in [0, 0.1) is 5.82 Å². The van der Waals surface area contributed by atoms with E-state index in [2.05, 4.69) is 25.3 Å². The number of hydrogen-bond acceptors (Lipinski definition) is 9. The Hall–Kier alpha value is -3.22. The third kappa shape index (κ3) is 6.65. The van der Waals surface area contributed by atoms with Crippen LogP contribution in [-0.2, 0) is 10.0 Å². The van der Waals surface area contributed by atoms with Crippen LogP contribution in [0.25, 0.3) is 0 Å². The molecule has 0 aliphatic heterocycles. The number of halogens is 3. The summed E-state index contributed by atoms with van der Waals surface area (Å²) in [4.78, 5) is 8.41. The number of sulfonamides is 1. The van der Waals surface area contributed by atoms with Crippen LogP contribution in [0.1, 0.15) is 0 Å². The van der Waals surface area contributed by atoms with E-state index >= 15 is 0 Å². The lowest BCUT2D eigenvalue weighted by Crippen LogP contribution is -2.11. The molecule has 0 saturated carbocycles. The number of hydrogen-bond donors (Lipinski definition) is 3. The molecule has 0 atom stereocenters. The molecule has 0 aliphatic carbocycles. The number of methoxy groups -OCH3 is 3. The van der Waals surface area contributed by atoms with Crippen molar-refractivity contribution in [3.8, 4) is 17.2 Å². The molecule has 1 aromatic heterocycles. The van der Waals surface area contributed by atoms with E-state index in [-0.39, 0.29) is 46.3 Å². The minimum absolute atomic E-state index is 0. The largest absolute Gasteiger partial charge is 0.497 e. The molecule has 0 fully saturated rings. The van der Waals surface area contributed by atoms with Crippen LogP contribution in [0.3, 0.4) is 0 Å². The Bertz CT molecular complexity index is 1280. The minimum Gasteiger partial charge on any atom is -0.497 e. The molecule has 0 unspecified atom stereocenters. The van der Waals surface area contributed by atoms with Gasteiger partial charge in [0.25, 0.3) is 0 Å². The summed E-state index contributed by atoms with van der Waals surface area (Å²) in [5, 5.41) is 6.00. The zero-order chi connectivity index (χ0) is 24.2. The molecule has 34 heavy (non-hydrogen) atoms. The summed E-state index contributed by atoms with van der Waals surface area (Å²) in [5.41, 5.74) is 0.841. The van der Waals surface area contributed by atoms with Crippen LogP contribution in [-0.4, -0.2) is 46.0 Å². The number of rotatable bonds is 9. The van der Waals surface area contributed by atoms with Crippen molar-refractivity contribution in [2.75, 3.05) is 42.9 Å². The van der Waals surface area contributed by atoms with Gasteiger partial charge in [-0.15, -0.1) is 12.4 Å². The Morgan fingerprint density at radius 2 is 1.65 bits per heavy atom. The Balaban J connectivity index is 0.00000408. The molecule has 3 rings (SSSR count). The summed E-state index contributed by atoms with van der Waals surface area (Å²) >= 11 is 6.24. The van der Waals surface area contributed by atoms with Gasteiger partial charge in [0.15, 0.2) is 17.4 Å². The smallest absolute Gasteiger partial charge is 0.229 e. The SMILES string of the molecule is COc1ccc(Nc2nc(Nc3cc(F)c(OC)cc3OC)ncc2Cl)c(NS(C)(=O)=O)c1.Cl. The van der Waals surface area contributed by atoms with Crippen LogP contribution < -0.4 is 29.6 Å². The molecule has 3 N–H and O–H groups in total. The molecule has 0 spiro atoms. The van der Waals surface area contributed by atoms with Gasteiger partial charge in [0.2, 0.25) is 16.0 Å². The molecule has 10 nitrogen and oxygen atoms in total. The first-order valence-electron chi connectivity index (χ1n) is 9.27. The van der Waals surface area contributed by atoms with Crippen LogP contribution in [0.4, 0.5) is 33.2 Å². The highest BCUT2D eigenvalue weighted by atomic mass is 35.5. The third-order valence-electron chi connectivity index (χ3n) is 4.24. The number of anilines is 5. The second-order valence-electron chi connectivity index (χ2n) is 6.61. The van der Waals surface area contributed by atoms with E-state index in [1.807, 2.05) is 0 Å². The summed E-state index contributed by atoms with van der Waals surface area (Å²) in [6.07, 6.45) is 2.36. The van der Waals surface area contributed by atoms with Crippen molar-refractivity contribution in [3.05, 3.63) is 47.4 Å². The number of benzene rings is 2. The maximum absolute atomic E-state index is 14.2. The Morgan fingerprint density at radius 3 is 2.26 bits per heavy atom.